The first-order valence-corrected chi connectivity index (χ1v) is 37.9. The van der Waals surface area contributed by atoms with Crippen LogP contribution >= 0.6 is 22.7 Å². The summed E-state index contributed by atoms with van der Waals surface area (Å²) in [5.74, 6) is 1.65. The molecule has 6 heterocycles. The molecule has 0 radical (unpaired) electrons. The Hall–Kier alpha value is -13.1. The lowest BCUT2D eigenvalue weighted by Crippen LogP contribution is -2.64. The van der Waals surface area contributed by atoms with E-state index in [-0.39, 0.29) is 13.4 Å². The lowest BCUT2D eigenvalue weighted by molar-refractivity contribution is 0.487. The third-order valence-electron chi connectivity index (χ3n) is 22.0. The molecule has 18 aromatic rings. The Morgan fingerprint density at radius 3 is 1.36 bits per heavy atom. The summed E-state index contributed by atoms with van der Waals surface area (Å²) >= 11 is 3.71. The van der Waals surface area contributed by atoms with Crippen molar-refractivity contribution < 1.29 is 4.74 Å². The minimum atomic E-state index is -0.287. The lowest BCUT2D eigenvalue weighted by Gasteiger charge is -2.47. The molecule has 6 nitrogen and oxygen atoms in total. The third kappa shape index (κ3) is 9.31. The Balaban J connectivity index is 0.907. The van der Waals surface area contributed by atoms with Crippen molar-refractivity contribution in [2.24, 2.45) is 0 Å². The number of nitrogens with zero attached hydrogens (tertiary/aromatic N) is 5. The van der Waals surface area contributed by atoms with Gasteiger partial charge in [-0.2, -0.15) is 0 Å². The van der Waals surface area contributed by atoms with Gasteiger partial charge in [-0.05, 0) is 165 Å². The van der Waals surface area contributed by atoms with Crippen LogP contribution in [0.4, 0.5) is 85.3 Å². The minimum Gasteiger partial charge on any atom is -0.458 e. The molecule has 0 saturated carbocycles. The normalized spacial score (nSPS) is 12.9. The van der Waals surface area contributed by atoms with Crippen molar-refractivity contribution in [3.8, 4) is 33.8 Å². The molecule has 16 aromatic carbocycles. The average Bonchev–Trinajstić information content (AvgIpc) is 0.845. The largest absolute Gasteiger partial charge is 0.458 e. The molecule has 106 heavy (non-hydrogen) atoms. The van der Waals surface area contributed by atoms with E-state index in [4.69, 9.17) is 4.74 Å². The Kier molecular flexibility index (Phi) is 13.8. The summed E-state index contributed by atoms with van der Waals surface area (Å²) in [6.45, 7) is -0.532. The Morgan fingerprint density at radius 1 is 0.264 bits per heavy atom. The van der Waals surface area contributed by atoms with Gasteiger partial charge >= 0.3 is 0 Å². The fraction of sp³-hybridized carbons (Fsp3) is 0. The third-order valence-corrected chi connectivity index (χ3v) is 24.3. The number of anilines is 15. The number of ether oxygens (including phenoxy) is 1. The van der Waals surface area contributed by atoms with Crippen LogP contribution in [0, 0.1) is 0 Å². The average molecular weight is 1390 g/mol. The molecule has 0 saturated heterocycles. The second kappa shape index (κ2) is 24.3. The van der Waals surface area contributed by atoms with E-state index in [0.29, 0.717) is 0 Å². The topological polar surface area (TPSA) is 25.4 Å². The zero-order valence-corrected chi connectivity index (χ0v) is 59.0. The van der Waals surface area contributed by atoms with Gasteiger partial charge in [-0.1, -0.05) is 243 Å². The molecule has 22 rings (SSSR count). The highest BCUT2D eigenvalue weighted by atomic mass is 32.1. The van der Waals surface area contributed by atoms with Gasteiger partial charge in [-0.15, -0.1) is 22.7 Å². The van der Waals surface area contributed by atoms with Gasteiger partial charge in [0.1, 0.15) is 11.5 Å². The van der Waals surface area contributed by atoms with Crippen LogP contribution in [0.15, 0.2) is 370 Å². The summed E-state index contributed by atoms with van der Waals surface area (Å²) in [4.78, 5) is 12.8. The van der Waals surface area contributed by atoms with Gasteiger partial charge in [0, 0.05) is 114 Å². The van der Waals surface area contributed by atoms with E-state index < -0.39 is 0 Å². The zero-order valence-electron chi connectivity index (χ0n) is 57.3. The first kappa shape index (κ1) is 60.5. The molecule has 0 aliphatic carbocycles. The van der Waals surface area contributed by atoms with Crippen LogP contribution in [0.1, 0.15) is 0 Å². The quantitative estimate of drug-likeness (QED) is 0.120. The van der Waals surface area contributed by atoms with Crippen molar-refractivity contribution in [2.75, 3.05) is 24.5 Å². The molecule has 4 aliphatic heterocycles. The molecule has 0 atom stereocenters. The van der Waals surface area contributed by atoms with E-state index in [0.717, 1.165) is 130 Å². The molecule has 0 amide bonds. The van der Waals surface area contributed by atoms with E-state index in [9.17, 15) is 0 Å². The maximum Gasteiger partial charge on any atom is 0.256 e. The van der Waals surface area contributed by atoms with Crippen LogP contribution in [0.2, 0.25) is 0 Å². The molecule has 0 N–H and O–H groups in total. The van der Waals surface area contributed by atoms with Crippen LogP contribution in [0.25, 0.3) is 62.6 Å². The van der Waals surface area contributed by atoms with Gasteiger partial charge < -0.3 is 29.2 Å². The highest BCUT2D eigenvalue weighted by Crippen LogP contribution is 2.56. The molecule has 0 unspecified atom stereocenters. The Bertz CT molecular complexity index is 6460. The highest BCUT2D eigenvalue weighted by Gasteiger charge is 2.49. The van der Waals surface area contributed by atoms with Gasteiger partial charge in [-0.25, -0.2) is 0 Å². The number of hydrogen-bond donors (Lipinski definition) is 0. The second-order valence-electron chi connectivity index (χ2n) is 27.8. The van der Waals surface area contributed by atoms with Crippen LogP contribution in [0.5, 0.6) is 11.5 Å². The number of para-hydroxylation sites is 7. The molecular weight excluding hydrogens is 1320 g/mol. The van der Waals surface area contributed by atoms with Gasteiger partial charge in [0.15, 0.2) is 0 Å². The predicted molar refractivity (Wildman–Crippen MR) is 452 cm³/mol. The monoisotopic (exact) mass is 1390 g/mol. The van der Waals surface area contributed by atoms with E-state index in [1.807, 2.05) is 22.7 Å². The van der Waals surface area contributed by atoms with E-state index >= 15 is 0 Å². The maximum absolute atomic E-state index is 7.65. The summed E-state index contributed by atoms with van der Waals surface area (Å²) in [5.41, 5.74) is 27.6. The predicted octanol–water partition coefficient (Wildman–Crippen LogP) is 23.2. The van der Waals surface area contributed by atoms with Crippen molar-refractivity contribution >= 4 is 195 Å². The SMILES string of the molecule is c1ccc(-c2cccc(-c3ccccc3)c2N2c3cc4c(cc3B3c5ccccc5Oc5cc(N(c6ccccc6)c6cccc7sc8ccccc8c67)cc2c53)B2c3ccccc3N(c3ccccc3)c3cc(N(c5ccccc5)c5ccccc5)cc(c32)N4c2cccc3sc4ccccc4c23)cc1. The standard InChI is InChI=1S/C96H61B2N5OS2/c1-7-30-62(31-8-1)70-44-27-45-71(63-32-9-2-10-33-63)96(70)103-82-61-81-76(60-77(82)98-75-47-22-24-51-86(75)104-87-59-69(58-85(103)95(87)98)100(66-38-15-5-16-39-66)79-49-28-54-90-92(79)72-42-19-25-52-88(72)105-90)97-74-46-21-23-48-78(74)101(67-40-17-6-18-41-67)83-56-68(99(64-34-11-3-12-35-64)65-36-13-4-14-37-65)57-84(94(83)97)102(81)80-50-29-55-91-93(80)73-43-20-26-53-89(73)106-91/h1-61H. The Labute approximate surface area is 623 Å². The summed E-state index contributed by atoms with van der Waals surface area (Å²) in [7, 11) is 0. The summed E-state index contributed by atoms with van der Waals surface area (Å²) in [6.07, 6.45) is 0. The van der Waals surface area contributed by atoms with Gasteiger partial charge in [0.05, 0.1) is 28.4 Å². The van der Waals surface area contributed by atoms with Gasteiger partial charge in [0.2, 0.25) is 0 Å². The van der Waals surface area contributed by atoms with Gasteiger partial charge in [0.25, 0.3) is 13.4 Å². The molecule has 0 fully saturated rings. The molecule has 10 heteroatoms. The fourth-order valence-corrected chi connectivity index (χ4v) is 19.9. The van der Waals surface area contributed by atoms with Crippen molar-refractivity contribution in [3.05, 3.63) is 370 Å². The van der Waals surface area contributed by atoms with Crippen molar-refractivity contribution in [1.29, 1.82) is 0 Å². The molecule has 2 aromatic heterocycles. The number of hydrogen-bond acceptors (Lipinski definition) is 8. The first-order chi connectivity index (χ1) is 52.6. The van der Waals surface area contributed by atoms with Crippen LogP contribution in [0.3, 0.4) is 0 Å². The zero-order chi connectivity index (χ0) is 69.5. The number of thiophene rings is 2. The van der Waals surface area contributed by atoms with Gasteiger partial charge in [-0.3, -0.25) is 0 Å². The summed E-state index contributed by atoms with van der Waals surface area (Å²) in [5, 5.41) is 4.88. The maximum atomic E-state index is 7.65. The molecule has 4 aliphatic rings. The van der Waals surface area contributed by atoms with E-state index in [1.165, 1.54) is 62.2 Å². The number of fused-ring (bicyclic) bond motifs is 14. The fourth-order valence-electron chi connectivity index (χ4n) is 17.7. The van der Waals surface area contributed by atoms with Crippen molar-refractivity contribution in [2.45, 2.75) is 0 Å². The van der Waals surface area contributed by atoms with Crippen LogP contribution in [-0.2, 0) is 0 Å². The molecule has 494 valence electrons. The summed E-state index contributed by atoms with van der Waals surface area (Å²) in [6, 6.07) is 137. The van der Waals surface area contributed by atoms with Crippen molar-refractivity contribution in [1.82, 2.24) is 0 Å². The minimum absolute atomic E-state index is 0.245. The Morgan fingerprint density at radius 2 is 0.717 bits per heavy atom. The lowest BCUT2D eigenvalue weighted by atomic mass is 9.30. The van der Waals surface area contributed by atoms with Crippen LogP contribution < -0.4 is 62.0 Å². The molecule has 0 bridgehead atoms. The summed E-state index contributed by atoms with van der Waals surface area (Å²) < 4.78 is 12.6. The highest BCUT2D eigenvalue weighted by molar-refractivity contribution is 7.26. The first-order valence-electron chi connectivity index (χ1n) is 36.3. The number of benzene rings is 16. The smallest absolute Gasteiger partial charge is 0.256 e. The van der Waals surface area contributed by atoms with Crippen LogP contribution in [-0.4, -0.2) is 13.4 Å². The number of rotatable bonds is 11. The molecular formula is C96H61B2N5OS2. The van der Waals surface area contributed by atoms with E-state index in [2.05, 4.69) is 395 Å². The second-order valence-corrected chi connectivity index (χ2v) is 29.9. The van der Waals surface area contributed by atoms with Crippen molar-refractivity contribution in [3.63, 3.8) is 0 Å². The molecule has 0 spiro atoms. The van der Waals surface area contributed by atoms with E-state index in [1.54, 1.807) is 0 Å².